The number of nitrogens with one attached hydrogen (secondary N) is 1. The van der Waals surface area contributed by atoms with Crippen molar-refractivity contribution in [2.24, 2.45) is 5.41 Å². The van der Waals surface area contributed by atoms with Crippen LogP contribution in [0.4, 0.5) is 4.39 Å². The Kier molecular flexibility index (Phi) is 2.97. The van der Waals surface area contributed by atoms with Crippen LogP contribution in [0.3, 0.4) is 0 Å². The molecule has 1 aliphatic rings. The van der Waals surface area contributed by atoms with E-state index in [1.807, 2.05) is 0 Å². The molecule has 0 bridgehead atoms. The van der Waals surface area contributed by atoms with Crippen LogP contribution in [0.1, 0.15) is 38.8 Å². The number of halogens is 2. The lowest BCUT2D eigenvalue weighted by Gasteiger charge is -2.17. The van der Waals surface area contributed by atoms with E-state index in [2.05, 4.69) is 26.1 Å². The molecule has 3 heteroatoms. The standard InChI is InChI=1S/C13H17ClFN/c1-8(16-12-7-13(12,2)3)10-5-4-9(15)6-11(10)14/h4-6,8,12,16H,7H2,1-3H3. The Morgan fingerprint density at radius 2 is 2.12 bits per heavy atom. The molecular formula is C13H17ClFN. The molecule has 1 saturated carbocycles. The van der Waals surface area contributed by atoms with Gasteiger partial charge in [-0.1, -0.05) is 31.5 Å². The van der Waals surface area contributed by atoms with Gasteiger partial charge in [0.15, 0.2) is 0 Å². The highest BCUT2D eigenvalue weighted by Gasteiger charge is 2.45. The summed E-state index contributed by atoms with van der Waals surface area (Å²) < 4.78 is 12.9. The van der Waals surface area contributed by atoms with E-state index in [9.17, 15) is 4.39 Å². The number of hydrogen-bond acceptors (Lipinski definition) is 1. The number of rotatable bonds is 3. The van der Waals surface area contributed by atoms with Crippen molar-refractivity contribution in [3.05, 3.63) is 34.6 Å². The van der Waals surface area contributed by atoms with Gasteiger partial charge in [0.05, 0.1) is 0 Å². The first-order valence-electron chi connectivity index (χ1n) is 5.61. The third-order valence-electron chi connectivity index (χ3n) is 3.39. The normalized spacial score (nSPS) is 24.2. The van der Waals surface area contributed by atoms with Crippen LogP contribution >= 0.6 is 11.6 Å². The summed E-state index contributed by atoms with van der Waals surface area (Å²) in [7, 11) is 0. The van der Waals surface area contributed by atoms with Crippen molar-refractivity contribution in [2.75, 3.05) is 0 Å². The minimum atomic E-state index is -0.285. The summed E-state index contributed by atoms with van der Waals surface area (Å²) in [5.74, 6) is -0.285. The molecule has 0 radical (unpaired) electrons. The van der Waals surface area contributed by atoms with Gasteiger partial charge in [0, 0.05) is 17.1 Å². The van der Waals surface area contributed by atoms with Gasteiger partial charge in [0.1, 0.15) is 5.82 Å². The van der Waals surface area contributed by atoms with E-state index in [1.54, 1.807) is 6.07 Å². The van der Waals surface area contributed by atoms with Crippen molar-refractivity contribution >= 4 is 11.6 Å². The van der Waals surface area contributed by atoms with Gasteiger partial charge in [-0.3, -0.25) is 0 Å². The lowest BCUT2D eigenvalue weighted by Crippen LogP contribution is -2.24. The van der Waals surface area contributed by atoms with Crippen molar-refractivity contribution in [3.8, 4) is 0 Å². The van der Waals surface area contributed by atoms with Crippen molar-refractivity contribution in [2.45, 2.75) is 39.3 Å². The van der Waals surface area contributed by atoms with E-state index in [-0.39, 0.29) is 11.9 Å². The summed E-state index contributed by atoms with van der Waals surface area (Å²) in [6.45, 7) is 6.54. The Morgan fingerprint density at radius 3 is 2.62 bits per heavy atom. The molecule has 1 fully saturated rings. The van der Waals surface area contributed by atoms with Crippen molar-refractivity contribution in [1.82, 2.24) is 5.32 Å². The maximum Gasteiger partial charge on any atom is 0.124 e. The number of hydrogen-bond donors (Lipinski definition) is 1. The van der Waals surface area contributed by atoms with Crippen molar-refractivity contribution in [3.63, 3.8) is 0 Å². The molecule has 16 heavy (non-hydrogen) atoms. The molecule has 2 unspecified atom stereocenters. The van der Waals surface area contributed by atoms with Crippen LogP contribution in [0.25, 0.3) is 0 Å². The van der Waals surface area contributed by atoms with Gasteiger partial charge in [0.2, 0.25) is 0 Å². The highest BCUT2D eigenvalue weighted by atomic mass is 35.5. The zero-order valence-electron chi connectivity index (χ0n) is 9.85. The van der Waals surface area contributed by atoms with Gasteiger partial charge in [-0.15, -0.1) is 0 Å². The van der Waals surface area contributed by atoms with Crippen LogP contribution in [-0.2, 0) is 0 Å². The van der Waals surface area contributed by atoms with Gasteiger partial charge in [0.25, 0.3) is 0 Å². The van der Waals surface area contributed by atoms with Crippen LogP contribution in [0.15, 0.2) is 18.2 Å². The molecule has 0 spiro atoms. The largest absolute Gasteiger partial charge is 0.307 e. The second-order valence-corrected chi connectivity index (χ2v) is 5.71. The summed E-state index contributed by atoms with van der Waals surface area (Å²) in [4.78, 5) is 0. The Balaban J connectivity index is 2.06. The average Bonchev–Trinajstić information content (AvgIpc) is 2.72. The minimum absolute atomic E-state index is 0.167. The summed E-state index contributed by atoms with van der Waals surface area (Å²) in [5.41, 5.74) is 1.35. The summed E-state index contributed by atoms with van der Waals surface area (Å²) in [6.07, 6.45) is 1.19. The summed E-state index contributed by atoms with van der Waals surface area (Å²) in [5, 5.41) is 4.01. The quantitative estimate of drug-likeness (QED) is 0.846. The molecule has 88 valence electrons. The molecule has 1 nitrogen and oxygen atoms in total. The fourth-order valence-electron chi connectivity index (χ4n) is 2.00. The van der Waals surface area contributed by atoms with Gasteiger partial charge in [-0.2, -0.15) is 0 Å². The smallest absolute Gasteiger partial charge is 0.124 e. The van der Waals surface area contributed by atoms with Crippen LogP contribution < -0.4 is 5.32 Å². The molecule has 0 aromatic heterocycles. The SMILES string of the molecule is CC(NC1CC1(C)C)c1ccc(F)cc1Cl. The molecule has 0 saturated heterocycles. The molecule has 0 amide bonds. The van der Waals surface area contributed by atoms with E-state index in [0.29, 0.717) is 16.5 Å². The lowest BCUT2D eigenvalue weighted by atomic mass is 10.1. The molecule has 1 aromatic rings. The van der Waals surface area contributed by atoms with E-state index in [0.717, 1.165) is 5.56 Å². The summed E-state index contributed by atoms with van der Waals surface area (Å²) in [6, 6.07) is 5.29. The van der Waals surface area contributed by atoms with Crippen LogP contribution in [0, 0.1) is 11.2 Å². The molecular weight excluding hydrogens is 225 g/mol. The van der Waals surface area contributed by atoms with Crippen LogP contribution in [0.2, 0.25) is 5.02 Å². The Hall–Kier alpha value is -0.600. The Labute approximate surface area is 101 Å². The second kappa shape index (κ2) is 4.01. The van der Waals surface area contributed by atoms with Gasteiger partial charge in [-0.05, 0) is 36.5 Å². The van der Waals surface area contributed by atoms with Crippen molar-refractivity contribution in [1.29, 1.82) is 0 Å². The van der Waals surface area contributed by atoms with Gasteiger partial charge in [-0.25, -0.2) is 4.39 Å². The minimum Gasteiger partial charge on any atom is -0.307 e. The van der Waals surface area contributed by atoms with E-state index >= 15 is 0 Å². The zero-order valence-corrected chi connectivity index (χ0v) is 10.6. The molecule has 2 atom stereocenters. The number of benzene rings is 1. The van der Waals surface area contributed by atoms with E-state index < -0.39 is 0 Å². The molecule has 0 aliphatic heterocycles. The second-order valence-electron chi connectivity index (χ2n) is 5.30. The maximum absolute atomic E-state index is 12.9. The van der Waals surface area contributed by atoms with Gasteiger partial charge >= 0.3 is 0 Å². The van der Waals surface area contributed by atoms with Crippen molar-refractivity contribution < 1.29 is 4.39 Å². The topological polar surface area (TPSA) is 12.0 Å². The summed E-state index contributed by atoms with van der Waals surface area (Å²) >= 11 is 6.02. The van der Waals surface area contributed by atoms with Crippen LogP contribution in [-0.4, -0.2) is 6.04 Å². The fraction of sp³-hybridized carbons (Fsp3) is 0.538. The molecule has 2 rings (SSSR count). The third kappa shape index (κ3) is 2.38. The lowest BCUT2D eigenvalue weighted by molar-refractivity contribution is 0.491. The highest BCUT2D eigenvalue weighted by Crippen LogP contribution is 2.45. The van der Waals surface area contributed by atoms with E-state index in [4.69, 9.17) is 11.6 Å². The molecule has 1 aromatic carbocycles. The molecule has 1 aliphatic carbocycles. The predicted octanol–water partition coefficient (Wildman–Crippen LogP) is 3.93. The molecule has 0 heterocycles. The Morgan fingerprint density at radius 1 is 1.50 bits per heavy atom. The first-order valence-corrected chi connectivity index (χ1v) is 5.99. The monoisotopic (exact) mass is 241 g/mol. The Bertz CT molecular complexity index is 403. The maximum atomic E-state index is 12.9. The molecule has 1 N–H and O–H groups in total. The fourth-order valence-corrected chi connectivity index (χ4v) is 2.33. The first-order chi connectivity index (χ1) is 7.40. The zero-order chi connectivity index (χ0) is 11.9. The third-order valence-corrected chi connectivity index (χ3v) is 3.72. The first kappa shape index (κ1) is 11.9. The van der Waals surface area contributed by atoms with Crippen LogP contribution in [0.5, 0.6) is 0 Å². The average molecular weight is 242 g/mol. The highest BCUT2D eigenvalue weighted by molar-refractivity contribution is 6.31. The van der Waals surface area contributed by atoms with Gasteiger partial charge < -0.3 is 5.32 Å². The predicted molar refractivity (Wildman–Crippen MR) is 65.1 cm³/mol. The van der Waals surface area contributed by atoms with E-state index in [1.165, 1.54) is 18.6 Å².